The molecule has 2 aromatic carbocycles. The van der Waals surface area contributed by atoms with Gasteiger partial charge in [-0.2, -0.15) is 0 Å². The highest BCUT2D eigenvalue weighted by molar-refractivity contribution is 5.93. The third-order valence-corrected chi connectivity index (χ3v) is 4.86. The van der Waals surface area contributed by atoms with Crippen LogP contribution in [-0.2, 0) is 19.7 Å². The van der Waals surface area contributed by atoms with Gasteiger partial charge in [-0.1, -0.05) is 54.6 Å². The molecule has 4 nitrogen and oxygen atoms in total. The van der Waals surface area contributed by atoms with Gasteiger partial charge in [-0.15, -0.1) is 0 Å². The van der Waals surface area contributed by atoms with E-state index in [4.69, 9.17) is 10.5 Å². The fraction of sp³-hybridized carbons (Fsp3) is 0.300. The van der Waals surface area contributed by atoms with Crippen molar-refractivity contribution in [2.45, 2.75) is 31.1 Å². The van der Waals surface area contributed by atoms with Crippen LogP contribution in [0.15, 0.2) is 54.6 Å². The van der Waals surface area contributed by atoms with Crippen molar-refractivity contribution < 1.29 is 14.3 Å². The van der Waals surface area contributed by atoms with Crippen LogP contribution in [0.5, 0.6) is 0 Å². The molecule has 0 bridgehead atoms. The molecule has 4 heteroatoms. The van der Waals surface area contributed by atoms with Gasteiger partial charge in [0.1, 0.15) is 0 Å². The van der Waals surface area contributed by atoms with E-state index in [1.807, 2.05) is 54.6 Å². The summed E-state index contributed by atoms with van der Waals surface area (Å²) in [4.78, 5) is 24.9. The number of ether oxygens (including phenoxy) is 1. The molecule has 0 aromatic heterocycles. The van der Waals surface area contributed by atoms with Crippen molar-refractivity contribution in [2.24, 2.45) is 5.73 Å². The van der Waals surface area contributed by atoms with Gasteiger partial charge in [0.25, 0.3) is 0 Å². The Bertz CT molecular complexity index is 756. The molecular formula is C20H21NO3. The lowest BCUT2D eigenvalue weighted by molar-refractivity contribution is -0.145. The van der Waals surface area contributed by atoms with Crippen LogP contribution in [0.4, 0.5) is 0 Å². The molecule has 3 rings (SSSR count). The average Bonchev–Trinajstić information content (AvgIpc) is 2.61. The van der Waals surface area contributed by atoms with E-state index >= 15 is 0 Å². The summed E-state index contributed by atoms with van der Waals surface area (Å²) in [6, 6.07) is 17.1. The number of primary amides is 1. The Morgan fingerprint density at radius 3 is 2.46 bits per heavy atom. The Hall–Kier alpha value is -2.62. The zero-order chi connectivity index (χ0) is 17.2. The minimum Gasteiger partial charge on any atom is -0.466 e. The molecule has 2 N–H and O–H groups in total. The lowest BCUT2D eigenvalue weighted by Gasteiger charge is -2.39. The van der Waals surface area contributed by atoms with Gasteiger partial charge in [0.2, 0.25) is 5.91 Å². The van der Waals surface area contributed by atoms with Crippen molar-refractivity contribution in [1.82, 2.24) is 0 Å². The predicted octanol–water partition coefficient (Wildman–Crippen LogP) is 2.90. The van der Waals surface area contributed by atoms with Crippen LogP contribution in [0.25, 0.3) is 0 Å². The fourth-order valence-corrected chi connectivity index (χ4v) is 3.75. The van der Waals surface area contributed by atoms with E-state index in [-0.39, 0.29) is 17.8 Å². The highest BCUT2D eigenvalue weighted by Crippen LogP contribution is 2.47. The number of fused-ring (bicyclic) bond motifs is 1. The summed E-state index contributed by atoms with van der Waals surface area (Å²) in [7, 11) is 0. The Labute approximate surface area is 141 Å². The first-order chi connectivity index (χ1) is 11.6. The van der Waals surface area contributed by atoms with E-state index in [1.165, 1.54) is 0 Å². The molecule has 124 valence electrons. The fourth-order valence-electron chi connectivity index (χ4n) is 3.75. The van der Waals surface area contributed by atoms with E-state index in [9.17, 15) is 9.59 Å². The molecule has 0 heterocycles. The molecule has 2 atom stereocenters. The largest absolute Gasteiger partial charge is 0.466 e. The predicted molar refractivity (Wildman–Crippen MR) is 91.5 cm³/mol. The Morgan fingerprint density at radius 1 is 1.12 bits per heavy atom. The maximum Gasteiger partial charge on any atom is 0.313 e. The van der Waals surface area contributed by atoms with Gasteiger partial charge in [-0.05, 0) is 36.5 Å². The topological polar surface area (TPSA) is 69.4 Å². The van der Waals surface area contributed by atoms with Crippen LogP contribution < -0.4 is 5.73 Å². The zero-order valence-corrected chi connectivity index (χ0v) is 13.7. The number of carbonyl (C=O) groups is 2. The van der Waals surface area contributed by atoms with Crippen molar-refractivity contribution in [3.8, 4) is 0 Å². The number of carbonyl (C=O) groups excluding carboxylic acids is 2. The first kappa shape index (κ1) is 16.2. The SMILES string of the molecule is CCOC(=O)[C@H]1CCC(C(N)=O)(c2ccccc2)c2ccccc21. The van der Waals surface area contributed by atoms with Crippen molar-refractivity contribution >= 4 is 11.9 Å². The maximum atomic E-state index is 12.5. The summed E-state index contributed by atoms with van der Waals surface area (Å²) in [5.41, 5.74) is 7.49. The first-order valence-electron chi connectivity index (χ1n) is 8.22. The Morgan fingerprint density at radius 2 is 1.79 bits per heavy atom. The van der Waals surface area contributed by atoms with E-state index in [1.54, 1.807) is 6.92 Å². The van der Waals surface area contributed by atoms with Crippen LogP contribution in [0.3, 0.4) is 0 Å². The Kier molecular flexibility index (Phi) is 4.38. The van der Waals surface area contributed by atoms with Crippen LogP contribution in [-0.4, -0.2) is 18.5 Å². The molecule has 0 saturated heterocycles. The summed E-state index contributed by atoms with van der Waals surface area (Å²) in [5.74, 6) is -0.975. The monoisotopic (exact) mass is 323 g/mol. The molecule has 0 fully saturated rings. The van der Waals surface area contributed by atoms with Crippen LogP contribution in [0, 0.1) is 0 Å². The molecule has 0 aliphatic heterocycles. The lowest BCUT2D eigenvalue weighted by atomic mass is 9.63. The maximum absolute atomic E-state index is 12.5. The third kappa shape index (κ3) is 2.48. The van der Waals surface area contributed by atoms with Gasteiger partial charge in [-0.3, -0.25) is 9.59 Å². The second-order valence-corrected chi connectivity index (χ2v) is 6.07. The standard InChI is InChI=1S/C20H21NO3/c1-2-24-18(22)16-12-13-20(19(21)23,14-8-4-3-5-9-14)17-11-7-6-10-15(16)17/h3-11,16H,2,12-13H2,1H3,(H2,21,23)/t16-,20?/m0/s1. The molecular weight excluding hydrogens is 302 g/mol. The molecule has 1 unspecified atom stereocenters. The number of hydrogen-bond acceptors (Lipinski definition) is 3. The summed E-state index contributed by atoms with van der Waals surface area (Å²) in [6.07, 6.45) is 1.03. The number of benzene rings is 2. The lowest BCUT2D eigenvalue weighted by Crippen LogP contribution is -2.46. The van der Waals surface area contributed by atoms with E-state index in [0.717, 1.165) is 16.7 Å². The molecule has 1 amide bonds. The summed E-state index contributed by atoms with van der Waals surface area (Å²) >= 11 is 0. The van der Waals surface area contributed by atoms with Gasteiger partial charge in [-0.25, -0.2) is 0 Å². The molecule has 0 spiro atoms. The van der Waals surface area contributed by atoms with Gasteiger partial charge in [0.05, 0.1) is 17.9 Å². The molecule has 2 aromatic rings. The highest BCUT2D eigenvalue weighted by atomic mass is 16.5. The number of rotatable bonds is 4. The van der Waals surface area contributed by atoms with Crippen molar-refractivity contribution in [1.29, 1.82) is 0 Å². The quantitative estimate of drug-likeness (QED) is 0.880. The van der Waals surface area contributed by atoms with E-state index in [0.29, 0.717) is 19.4 Å². The normalized spacial score (nSPS) is 22.5. The van der Waals surface area contributed by atoms with Crippen molar-refractivity contribution in [3.05, 3.63) is 71.3 Å². The van der Waals surface area contributed by atoms with Gasteiger partial charge in [0, 0.05) is 0 Å². The number of hydrogen-bond donors (Lipinski definition) is 1. The number of nitrogens with two attached hydrogens (primary N) is 1. The molecule has 1 aliphatic carbocycles. The van der Waals surface area contributed by atoms with Crippen molar-refractivity contribution in [2.75, 3.05) is 6.61 Å². The van der Waals surface area contributed by atoms with Crippen LogP contribution in [0.1, 0.15) is 42.4 Å². The molecule has 0 saturated carbocycles. The number of amides is 1. The zero-order valence-electron chi connectivity index (χ0n) is 13.7. The average molecular weight is 323 g/mol. The highest BCUT2D eigenvalue weighted by Gasteiger charge is 2.47. The second-order valence-electron chi connectivity index (χ2n) is 6.07. The van der Waals surface area contributed by atoms with Crippen LogP contribution >= 0.6 is 0 Å². The van der Waals surface area contributed by atoms with Gasteiger partial charge >= 0.3 is 5.97 Å². The minimum atomic E-state index is -0.902. The first-order valence-corrected chi connectivity index (χ1v) is 8.22. The molecule has 24 heavy (non-hydrogen) atoms. The summed E-state index contributed by atoms with van der Waals surface area (Å²) < 4.78 is 5.22. The van der Waals surface area contributed by atoms with E-state index in [2.05, 4.69) is 0 Å². The third-order valence-electron chi connectivity index (χ3n) is 4.86. The van der Waals surface area contributed by atoms with Gasteiger partial charge in [0.15, 0.2) is 0 Å². The smallest absolute Gasteiger partial charge is 0.313 e. The summed E-state index contributed by atoms with van der Waals surface area (Å²) in [6.45, 7) is 2.14. The summed E-state index contributed by atoms with van der Waals surface area (Å²) in [5, 5.41) is 0. The molecule has 0 radical (unpaired) electrons. The number of esters is 1. The second kappa shape index (κ2) is 6.48. The van der Waals surface area contributed by atoms with Crippen LogP contribution in [0.2, 0.25) is 0 Å². The van der Waals surface area contributed by atoms with E-state index < -0.39 is 5.41 Å². The molecule has 1 aliphatic rings. The minimum absolute atomic E-state index is 0.240. The van der Waals surface area contributed by atoms with Crippen molar-refractivity contribution in [3.63, 3.8) is 0 Å². The van der Waals surface area contributed by atoms with Gasteiger partial charge < -0.3 is 10.5 Å². The Balaban J connectivity index is 2.18.